The summed E-state index contributed by atoms with van der Waals surface area (Å²) in [6, 6.07) is 16.5. The molecule has 3 rings (SSSR count). The fourth-order valence-corrected chi connectivity index (χ4v) is 5.40. The van der Waals surface area contributed by atoms with Gasteiger partial charge in [-0.25, -0.2) is 4.31 Å². The van der Waals surface area contributed by atoms with Crippen LogP contribution < -0.4 is 0 Å². The van der Waals surface area contributed by atoms with Gasteiger partial charge in [0.05, 0.1) is 25.4 Å². The van der Waals surface area contributed by atoms with Gasteiger partial charge in [-0.05, 0) is 92.1 Å². The highest BCUT2D eigenvalue weighted by Gasteiger charge is 2.22. The third kappa shape index (κ3) is 8.13. The third-order valence-electron chi connectivity index (χ3n) is 6.91. The Morgan fingerprint density at radius 1 is 0.970 bits per heavy atom. The first-order valence-electron chi connectivity index (χ1n) is 12.9. The van der Waals surface area contributed by atoms with Crippen LogP contribution in [0, 0.1) is 0 Å². The zero-order valence-electron chi connectivity index (χ0n) is 21.1. The van der Waals surface area contributed by atoms with Gasteiger partial charge in [0.25, 0.3) is 0 Å². The summed E-state index contributed by atoms with van der Waals surface area (Å²) in [7, 11) is 3.79. The van der Waals surface area contributed by atoms with Crippen LogP contribution in [0.1, 0.15) is 81.4 Å². The Balaban J connectivity index is 1.56. The molecule has 0 unspecified atom stereocenters. The lowest BCUT2D eigenvalue weighted by Gasteiger charge is -2.29. The number of ether oxygens (including phenoxy) is 1. The molecule has 1 aliphatic rings. The van der Waals surface area contributed by atoms with Crippen LogP contribution in [-0.4, -0.2) is 37.7 Å². The molecule has 33 heavy (non-hydrogen) atoms. The minimum absolute atomic E-state index is 0.483. The molecule has 0 atom stereocenters. The fraction of sp³-hybridized carbons (Fsp3) is 0.586. The lowest BCUT2D eigenvalue weighted by Crippen LogP contribution is -2.21. The van der Waals surface area contributed by atoms with Gasteiger partial charge in [0, 0.05) is 13.2 Å². The van der Waals surface area contributed by atoms with Gasteiger partial charge in [-0.15, -0.1) is 0 Å². The number of benzene rings is 2. The summed E-state index contributed by atoms with van der Waals surface area (Å²) >= 11 is 1.42. The molecule has 0 aromatic heterocycles. The summed E-state index contributed by atoms with van der Waals surface area (Å²) in [5.74, 6) is 0.687. The topological polar surface area (TPSA) is 21.7 Å². The summed E-state index contributed by atoms with van der Waals surface area (Å²) in [5.41, 5.74) is 7.10. The minimum atomic E-state index is 0.483. The lowest BCUT2D eigenvalue weighted by molar-refractivity contribution is 0.0232. The van der Waals surface area contributed by atoms with Gasteiger partial charge in [-0.3, -0.25) is 0 Å². The van der Waals surface area contributed by atoms with Crippen molar-refractivity contribution in [1.82, 2.24) is 4.31 Å². The molecule has 1 aliphatic carbocycles. The van der Waals surface area contributed by atoms with Gasteiger partial charge in [0.2, 0.25) is 0 Å². The number of nitrogens with zero attached hydrogens (tertiary/aromatic N) is 1. The van der Waals surface area contributed by atoms with Crippen LogP contribution in [0.25, 0.3) is 11.1 Å². The Morgan fingerprint density at radius 2 is 1.73 bits per heavy atom. The number of unbranched alkanes of at least 4 members (excludes halogenated alkanes) is 1. The first-order chi connectivity index (χ1) is 16.1. The quantitative estimate of drug-likeness (QED) is 0.169. The van der Waals surface area contributed by atoms with Crippen LogP contribution in [0.15, 0.2) is 42.5 Å². The lowest BCUT2D eigenvalue weighted by atomic mass is 9.82. The van der Waals surface area contributed by atoms with Crippen molar-refractivity contribution in [2.75, 3.05) is 27.3 Å². The molecule has 0 aliphatic heterocycles. The van der Waals surface area contributed by atoms with Gasteiger partial charge >= 0.3 is 0 Å². The molecule has 182 valence electrons. The molecule has 4 heteroatoms. The van der Waals surface area contributed by atoms with E-state index in [1.54, 1.807) is 7.11 Å². The van der Waals surface area contributed by atoms with E-state index in [2.05, 4.69) is 67.7 Å². The Kier molecular flexibility index (Phi) is 11.3. The second-order valence-electron chi connectivity index (χ2n) is 9.36. The van der Waals surface area contributed by atoms with Crippen LogP contribution in [-0.2, 0) is 21.8 Å². The standard InChI is InChI=1S/C29H43NO2S/c1-5-7-21-32-28-17-15-26(16-18-28)25-11-13-27(14-12-25)29-19-10-23(22-24(29)6-2)9-8-20-30(3)33-31-4/h10-14,19,22,26,28H,5-9,15-18,20-21H2,1-4H3. The second kappa shape index (κ2) is 14.2. The molecule has 0 saturated heterocycles. The summed E-state index contributed by atoms with van der Waals surface area (Å²) in [6.45, 7) is 6.45. The smallest absolute Gasteiger partial charge is 0.0813 e. The molecule has 0 spiro atoms. The van der Waals surface area contributed by atoms with Crippen molar-refractivity contribution in [2.45, 2.75) is 83.7 Å². The first kappa shape index (κ1) is 26.3. The van der Waals surface area contributed by atoms with E-state index in [0.717, 1.165) is 32.4 Å². The van der Waals surface area contributed by atoms with Crippen molar-refractivity contribution in [3.63, 3.8) is 0 Å². The number of rotatable bonds is 13. The van der Waals surface area contributed by atoms with Crippen molar-refractivity contribution < 1.29 is 8.92 Å². The van der Waals surface area contributed by atoms with Gasteiger partial charge in [0.15, 0.2) is 0 Å². The van der Waals surface area contributed by atoms with Crippen LogP contribution >= 0.6 is 12.2 Å². The van der Waals surface area contributed by atoms with Crippen molar-refractivity contribution in [3.8, 4) is 11.1 Å². The first-order valence-corrected chi connectivity index (χ1v) is 13.6. The highest BCUT2D eigenvalue weighted by Crippen LogP contribution is 2.35. The highest BCUT2D eigenvalue weighted by molar-refractivity contribution is 7.92. The summed E-state index contributed by atoms with van der Waals surface area (Å²) in [6.07, 6.45) is 11.1. The van der Waals surface area contributed by atoms with E-state index in [0.29, 0.717) is 12.0 Å². The van der Waals surface area contributed by atoms with Gasteiger partial charge in [0.1, 0.15) is 0 Å². The molecular weight excluding hydrogens is 426 g/mol. The zero-order valence-corrected chi connectivity index (χ0v) is 22.0. The summed E-state index contributed by atoms with van der Waals surface area (Å²) in [4.78, 5) is 0. The van der Waals surface area contributed by atoms with E-state index in [1.807, 2.05) is 0 Å². The van der Waals surface area contributed by atoms with E-state index < -0.39 is 0 Å². The average molecular weight is 470 g/mol. The van der Waals surface area contributed by atoms with E-state index in [1.165, 1.54) is 78.6 Å². The third-order valence-corrected chi connectivity index (χ3v) is 7.50. The van der Waals surface area contributed by atoms with Crippen LogP contribution in [0.5, 0.6) is 0 Å². The van der Waals surface area contributed by atoms with Gasteiger partial charge in [-0.2, -0.15) is 0 Å². The highest BCUT2D eigenvalue weighted by atomic mass is 32.2. The van der Waals surface area contributed by atoms with E-state index >= 15 is 0 Å². The second-order valence-corrected chi connectivity index (χ2v) is 10.5. The maximum absolute atomic E-state index is 6.06. The molecule has 2 aromatic rings. The molecule has 0 heterocycles. The fourth-order valence-electron chi connectivity index (χ4n) is 4.94. The molecule has 0 bridgehead atoms. The maximum atomic E-state index is 6.06. The SMILES string of the molecule is CCCCOC1CCC(c2ccc(-c3ccc(CCCN(C)SOC)cc3CC)cc2)CC1. The molecule has 0 N–H and O–H groups in total. The molecule has 1 saturated carbocycles. The van der Waals surface area contributed by atoms with Crippen molar-refractivity contribution in [3.05, 3.63) is 59.2 Å². The predicted octanol–water partition coefficient (Wildman–Crippen LogP) is 7.83. The van der Waals surface area contributed by atoms with Gasteiger partial charge < -0.3 is 8.92 Å². The van der Waals surface area contributed by atoms with E-state index in [9.17, 15) is 0 Å². The van der Waals surface area contributed by atoms with Gasteiger partial charge in [-0.1, -0.05) is 62.7 Å². The molecular formula is C29H43NO2S. The Bertz CT molecular complexity index is 815. The van der Waals surface area contributed by atoms with Crippen LogP contribution in [0.2, 0.25) is 0 Å². The van der Waals surface area contributed by atoms with Crippen molar-refractivity contribution >= 4 is 12.2 Å². The van der Waals surface area contributed by atoms with Crippen molar-refractivity contribution in [1.29, 1.82) is 0 Å². The molecule has 0 radical (unpaired) electrons. The molecule has 2 aromatic carbocycles. The Labute approximate surface area is 206 Å². The molecule has 0 amide bonds. The molecule has 3 nitrogen and oxygen atoms in total. The van der Waals surface area contributed by atoms with Crippen molar-refractivity contribution in [2.24, 2.45) is 0 Å². The van der Waals surface area contributed by atoms with Crippen LogP contribution in [0.4, 0.5) is 0 Å². The zero-order chi connectivity index (χ0) is 23.5. The summed E-state index contributed by atoms with van der Waals surface area (Å²) in [5, 5.41) is 0. The average Bonchev–Trinajstić information content (AvgIpc) is 2.85. The van der Waals surface area contributed by atoms with E-state index in [-0.39, 0.29) is 0 Å². The Morgan fingerprint density at radius 3 is 2.39 bits per heavy atom. The largest absolute Gasteiger partial charge is 0.378 e. The number of hydrogen-bond donors (Lipinski definition) is 0. The predicted molar refractivity (Wildman–Crippen MR) is 143 cm³/mol. The van der Waals surface area contributed by atoms with E-state index in [4.69, 9.17) is 8.92 Å². The minimum Gasteiger partial charge on any atom is -0.378 e. The number of aryl methyl sites for hydroxylation is 2. The summed E-state index contributed by atoms with van der Waals surface area (Å²) < 4.78 is 13.3. The van der Waals surface area contributed by atoms with Crippen LogP contribution in [0.3, 0.4) is 0 Å². The Hall–Kier alpha value is -1.33. The normalized spacial score (nSPS) is 18.7. The monoisotopic (exact) mass is 469 g/mol. The number of hydrogen-bond acceptors (Lipinski definition) is 4. The molecule has 1 fully saturated rings. The maximum Gasteiger partial charge on any atom is 0.0813 e.